The number of hydrogen-bond acceptors (Lipinski definition) is 2. The highest BCUT2D eigenvalue weighted by atomic mass is 35.5. The lowest BCUT2D eigenvalue weighted by Gasteiger charge is -2.40. The van der Waals surface area contributed by atoms with Gasteiger partial charge in [0.2, 0.25) is 5.91 Å². The number of nitrogens with one attached hydrogen (secondary N) is 1. The molecular formula is C20H29ClN2O. The molecule has 3 rings (SSSR count). The molecule has 4 heteroatoms. The fraction of sp³-hybridized carbons (Fsp3) is 0.650. The Labute approximate surface area is 150 Å². The van der Waals surface area contributed by atoms with Gasteiger partial charge in [-0.1, -0.05) is 50.4 Å². The van der Waals surface area contributed by atoms with E-state index in [0.717, 1.165) is 31.5 Å². The lowest BCUT2D eigenvalue weighted by molar-refractivity contribution is -0.128. The van der Waals surface area contributed by atoms with Crippen LogP contribution in [0.1, 0.15) is 57.6 Å². The number of halogens is 1. The minimum atomic E-state index is -0.201. The second kappa shape index (κ2) is 7.88. The van der Waals surface area contributed by atoms with Gasteiger partial charge in [-0.2, -0.15) is 0 Å². The second-order valence-electron chi connectivity index (χ2n) is 7.84. The van der Waals surface area contributed by atoms with Crippen molar-refractivity contribution in [2.24, 2.45) is 11.8 Å². The summed E-state index contributed by atoms with van der Waals surface area (Å²) in [6, 6.07) is 7.95. The van der Waals surface area contributed by atoms with Gasteiger partial charge >= 0.3 is 0 Å². The first-order valence-corrected chi connectivity index (χ1v) is 9.70. The molecule has 3 nitrogen and oxygen atoms in total. The summed E-state index contributed by atoms with van der Waals surface area (Å²) in [5.41, 5.74) is 1.05. The fourth-order valence-electron chi connectivity index (χ4n) is 4.45. The molecule has 3 atom stereocenters. The number of rotatable bonds is 4. The molecule has 2 aliphatic rings. The minimum absolute atomic E-state index is 0.158. The highest BCUT2D eigenvalue weighted by Crippen LogP contribution is 2.31. The fourth-order valence-corrected chi connectivity index (χ4v) is 4.57. The Kier molecular flexibility index (Phi) is 5.83. The van der Waals surface area contributed by atoms with Gasteiger partial charge < -0.3 is 5.32 Å². The monoisotopic (exact) mass is 348 g/mol. The Bertz CT molecular complexity index is 543. The lowest BCUT2D eigenvalue weighted by atomic mass is 9.89. The highest BCUT2D eigenvalue weighted by molar-refractivity contribution is 6.30. The zero-order valence-corrected chi connectivity index (χ0v) is 15.6. The van der Waals surface area contributed by atoms with Crippen LogP contribution >= 0.6 is 11.6 Å². The van der Waals surface area contributed by atoms with Crippen LogP contribution in [0, 0.1) is 11.8 Å². The van der Waals surface area contributed by atoms with Crippen LogP contribution in [0.15, 0.2) is 24.3 Å². The first kappa shape index (κ1) is 17.8. The van der Waals surface area contributed by atoms with E-state index in [-0.39, 0.29) is 11.9 Å². The molecule has 1 saturated carbocycles. The quantitative estimate of drug-likeness (QED) is 0.873. The second-order valence-corrected chi connectivity index (χ2v) is 8.28. The number of likely N-dealkylation sites (tertiary alicyclic amines) is 1. The molecule has 1 saturated heterocycles. The summed E-state index contributed by atoms with van der Waals surface area (Å²) >= 11 is 6.05. The minimum Gasteiger partial charge on any atom is -0.352 e. The van der Waals surface area contributed by atoms with E-state index in [1.54, 1.807) is 0 Å². The van der Waals surface area contributed by atoms with Gasteiger partial charge in [0.1, 0.15) is 6.04 Å². The van der Waals surface area contributed by atoms with E-state index in [4.69, 9.17) is 11.6 Å². The van der Waals surface area contributed by atoms with Crippen LogP contribution in [0.25, 0.3) is 0 Å². The third-order valence-corrected chi connectivity index (χ3v) is 5.65. The summed E-state index contributed by atoms with van der Waals surface area (Å²) in [7, 11) is 0. The van der Waals surface area contributed by atoms with E-state index in [1.807, 2.05) is 24.3 Å². The molecule has 1 aromatic rings. The van der Waals surface area contributed by atoms with E-state index >= 15 is 0 Å². The van der Waals surface area contributed by atoms with Crippen molar-refractivity contribution in [3.63, 3.8) is 0 Å². The SMILES string of the molecule is C[C@@H]1C[C@@H](C)CN([C@@H](C(=O)NC2CCCC2)c2ccc(Cl)cc2)C1. The van der Waals surface area contributed by atoms with E-state index in [9.17, 15) is 4.79 Å². The normalized spacial score (nSPS) is 27.1. The van der Waals surface area contributed by atoms with Crippen LogP contribution in [0.4, 0.5) is 0 Å². The lowest BCUT2D eigenvalue weighted by Crippen LogP contribution is -2.48. The summed E-state index contributed by atoms with van der Waals surface area (Å²) in [6.45, 7) is 6.54. The van der Waals surface area contributed by atoms with Gasteiger partial charge in [-0.3, -0.25) is 9.69 Å². The largest absolute Gasteiger partial charge is 0.352 e. The summed E-state index contributed by atoms with van der Waals surface area (Å²) in [6.07, 6.45) is 5.94. The Balaban J connectivity index is 1.82. The maximum absolute atomic E-state index is 13.1. The molecule has 1 aliphatic carbocycles. The van der Waals surface area contributed by atoms with Gasteiger partial charge in [-0.15, -0.1) is 0 Å². The smallest absolute Gasteiger partial charge is 0.242 e. The molecule has 132 valence electrons. The molecule has 0 spiro atoms. The third kappa shape index (κ3) is 4.31. The summed E-state index contributed by atoms with van der Waals surface area (Å²) < 4.78 is 0. The van der Waals surface area contributed by atoms with Gasteiger partial charge in [0.15, 0.2) is 0 Å². The number of hydrogen-bond donors (Lipinski definition) is 1. The average Bonchev–Trinajstić information content (AvgIpc) is 3.01. The molecule has 0 radical (unpaired) electrons. The summed E-state index contributed by atoms with van der Waals surface area (Å²) in [4.78, 5) is 15.5. The molecule has 0 bridgehead atoms. The number of carbonyl (C=O) groups is 1. The van der Waals surface area contributed by atoms with Crippen molar-refractivity contribution < 1.29 is 4.79 Å². The van der Waals surface area contributed by atoms with Gasteiger partial charge in [0, 0.05) is 24.2 Å². The highest BCUT2D eigenvalue weighted by Gasteiger charge is 2.34. The average molecular weight is 349 g/mol. The van der Waals surface area contributed by atoms with E-state index in [0.29, 0.717) is 22.9 Å². The molecule has 1 aromatic carbocycles. The number of amides is 1. The van der Waals surface area contributed by atoms with Crippen molar-refractivity contribution in [1.82, 2.24) is 10.2 Å². The number of piperidine rings is 1. The van der Waals surface area contributed by atoms with Gasteiger partial charge in [0.05, 0.1) is 0 Å². The third-order valence-electron chi connectivity index (χ3n) is 5.40. The first-order valence-electron chi connectivity index (χ1n) is 9.33. The molecule has 1 amide bonds. The maximum Gasteiger partial charge on any atom is 0.242 e. The molecule has 1 aliphatic heterocycles. The maximum atomic E-state index is 13.1. The van der Waals surface area contributed by atoms with Crippen LogP contribution in [0.3, 0.4) is 0 Å². The molecule has 2 fully saturated rings. The summed E-state index contributed by atoms with van der Waals surface area (Å²) in [5, 5.41) is 4.02. The number of carbonyl (C=O) groups excluding carboxylic acids is 1. The first-order chi connectivity index (χ1) is 11.5. The van der Waals surface area contributed by atoms with Gasteiger partial charge in [0.25, 0.3) is 0 Å². The summed E-state index contributed by atoms with van der Waals surface area (Å²) in [5.74, 6) is 1.41. The molecule has 1 heterocycles. The van der Waals surface area contributed by atoms with E-state index < -0.39 is 0 Å². The van der Waals surface area contributed by atoms with Gasteiger partial charge in [-0.05, 0) is 48.8 Å². The Hall–Kier alpha value is -1.06. The predicted octanol–water partition coefficient (Wildman–Crippen LogP) is 4.42. The van der Waals surface area contributed by atoms with Gasteiger partial charge in [-0.25, -0.2) is 0 Å². The molecular weight excluding hydrogens is 320 g/mol. The zero-order valence-electron chi connectivity index (χ0n) is 14.8. The molecule has 0 aromatic heterocycles. The number of nitrogens with zero attached hydrogens (tertiary/aromatic N) is 1. The predicted molar refractivity (Wildman–Crippen MR) is 99.1 cm³/mol. The molecule has 1 N–H and O–H groups in total. The van der Waals surface area contributed by atoms with Crippen molar-refractivity contribution in [2.75, 3.05) is 13.1 Å². The van der Waals surface area contributed by atoms with Crippen molar-refractivity contribution in [2.45, 2.75) is 58.0 Å². The van der Waals surface area contributed by atoms with E-state index in [1.165, 1.54) is 19.3 Å². The standard InChI is InChI=1S/C20H29ClN2O/c1-14-11-15(2)13-23(12-14)19(16-7-9-17(21)10-8-16)20(24)22-18-5-3-4-6-18/h7-10,14-15,18-19H,3-6,11-13H2,1-2H3,(H,22,24)/t14-,15-,19-/m1/s1. The molecule has 24 heavy (non-hydrogen) atoms. The van der Waals surface area contributed by atoms with Crippen LogP contribution in [-0.2, 0) is 4.79 Å². The van der Waals surface area contributed by atoms with Crippen molar-refractivity contribution in [3.8, 4) is 0 Å². The van der Waals surface area contributed by atoms with Crippen LogP contribution in [0.2, 0.25) is 5.02 Å². The van der Waals surface area contributed by atoms with Crippen LogP contribution in [-0.4, -0.2) is 29.9 Å². The topological polar surface area (TPSA) is 32.3 Å². The van der Waals surface area contributed by atoms with Crippen molar-refractivity contribution >= 4 is 17.5 Å². The number of benzene rings is 1. The Morgan fingerprint density at radius 3 is 2.29 bits per heavy atom. The Morgan fingerprint density at radius 2 is 1.71 bits per heavy atom. The van der Waals surface area contributed by atoms with Crippen LogP contribution < -0.4 is 5.32 Å². The Morgan fingerprint density at radius 1 is 1.12 bits per heavy atom. The van der Waals surface area contributed by atoms with Crippen LogP contribution in [0.5, 0.6) is 0 Å². The zero-order chi connectivity index (χ0) is 17.1. The van der Waals surface area contributed by atoms with E-state index in [2.05, 4.69) is 24.1 Å². The van der Waals surface area contributed by atoms with Crippen molar-refractivity contribution in [3.05, 3.63) is 34.9 Å². The van der Waals surface area contributed by atoms with Crippen molar-refractivity contribution in [1.29, 1.82) is 0 Å². The molecule has 0 unspecified atom stereocenters.